The van der Waals surface area contributed by atoms with E-state index in [4.69, 9.17) is 5.73 Å². The molecule has 0 amide bonds. The number of rotatable bonds is 2. The van der Waals surface area contributed by atoms with E-state index in [-0.39, 0.29) is 17.2 Å². The van der Waals surface area contributed by atoms with Crippen molar-refractivity contribution < 1.29 is 9.31 Å². The van der Waals surface area contributed by atoms with Crippen LogP contribution in [-0.2, 0) is 0 Å². The summed E-state index contributed by atoms with van der Waals surface area (Å²) in [6, 6.07) is 6.45. The predicted octanol–water partition coefficient (Wildman–Crippen LogP) is 1.32. The molecule has 0 atom stereocenters. The van der Waals surface area contributed by atoms with E-state index in [1.165, 1.54) is 30.3 Å². The lowest BCUT2D eigenvalue weighted by Crippen LogP contribution is -2.14. The largest absolute Gasteiger partial charge is 0.378 e. The molecule has 0 aliphatic rings. The molecule has 106 valence electrons. The molecule has 0 spiro atoms. The second-order valence-corrected chi connectivity index (χ2v) is 4.28. The number of nitrogens with zero attached hydrogens (tertiary/aromatic N) is 3. The van der Waals surface area contributed by atoms with Crippen molar-refractivity contribution in [1.29, 1.82) is 0 Å². The molecule has 0 bridgehead atoms. The Morgan fingerprint density at radius 3 is 2.62 bits per heavy atom. The summed E-state index contributed by atoms with van der Waals surface area (Å²) in [6.07, 6.45) is 0. The Morgan fingerprint density at radius 2 is 2.00 bits per heavy atom. The van der Waals surface area contributed by atoms with Gasteiger partial charge in [-0.1, -0.05) is 0 Å². The molecule has 21 heavy (non-hydrogen) atoms. The normalized spacial score (nSPS) is 10.9. The molecule has 8 nitrogen and oxygen atoms in total. The standard InChI is InChI=1S/C12H8FN5O3/c13-7-3-1-6(2-4-7)8-5-9(19)17-12(15-8)10(18(20)21)11(14)16-17/h1-5,16H,14H2. The first-order valence-electron chi connectivity index (χ1n) is 5.79. The van der Waals surface area contributed by atoms with Gasteiger partial charge in [-0.05, 0) is 24.3 Å². The Kier molecular flexibility index (Phi) is 2.68. The van der Waals surface area contributed by atoms with Crippen LogP contribution in [0.3, 0.4) is 0 Å². The summed E-state index contributed by atoms with van der Waals surface area (Å²) >= 11 is 0. The molecule has 0 fully saturated rings. The molecule has 0 radical (unpaired) electrons. The molecule has 9 heteroatoms. The lowest BCUT2D eigenvalue weighted by atomic mass is 10.1. The van der Waals surface area contributed by atoms with E-state index in [1.807, 2.05) is 0 Å². The maximum atomic E-state index is 12.9. The van der Waals surface area contributed by atoms with Gasteiger partial charge in [-0.25, -0.2) is 9.37 Å². The van der Waals surface area contributed by atoms with E-state index in [0.717, 1.165) is 4.52 Å². The van der Waals surface area contributed by atoms with E-state index >= 15 is 0 Å². The summed E-state index contributed by atoms with van der Waals surface area (Å²) in [4.78, 5) is 26.3. The van der Waals surface area contributed by atoms with Gasteiger partial charge in [-0.3, -0.25) is 20.0 Å². The monoisotopic (exact) mass is 289 g/mol. The van der Waals surface area contributed by atoms with Gasteiger partial charge in [0.1, 0.15) is 5.82 Å². The molecule has 2 aromatic heterocycles. The number of halogens is 1. The van der Waals surface area contributed by atoms with Crippen LogP contribution in [-0.4, -0.2) is 19.5 Å². The fourth-order valence-electron chi connectivity index (χ4n) is 1.99. The SMILES string of the molecule is Nc1[nH]n2c(=O)cc(-c3ccc(F)cc3)nc2c1[N+](=O)[O-]. The molecule has 0 aliphatic carbocycles. The quantitative estimate of drug-likeness (QED) is 0.544. The zero-order chi connectivity index (χ0) is 15.1. The van der Waals surface area contributed by atoms with Crippen LogP contribution in [0.1, 0.15) is 0 Å². The number of nitrogens with one attached hydrogen (secondary N) is 1. The third-order valence-electron chi connectivity index (χ3n) is 2.94. The minimum atomic E-state index is -0.720. The zero-order valence-electron chi connectivity index (χ0n) is 10.4. The highest BCUT2D eigenvalue weighted by Gasteiger charge is 2.23. The van der Waals surface area contributed by atoms with Crippen LogP contribution in [0.2, 0.25) is 0 Å². The molecule has 3 aromatic rings. The van der Waals surface area contributed by atoms with Crippen LogP contribution in [0.4, 0.5) is 15.9 Å². The molecule has 0 saturated heterocycles. The number of hydrogen-bond acceptors (Lipinski definition) is 5. The maximum Gasteiger partial charge on any atom is 0.354 e. The van der Waals surface area contributed by atoms with Gasteiger partial charge in [-0.2, -0.15) is 4.52 Å². The van der Waals surface area contributed by atoms with Crippen LogP contribution in [0.15, 0.2) is 35.1 Å². The van der Waals surface area contributed by atoms with Crippen LogP contribution in [0, 0.1) is 15.9 Å². The first-order valence-corrected chi connectivity index (χ1v) is 5.79. The highest BCUT2D eigenvalue weighted by Crippen LogP contribution is 2.26. The summed E-state index contributed by atoms with van der Waals surface area (Å²) in [5.74, 6) is -0.700. The highest BCUT2D eigenvalue weighted by molar-refractivity contribution is 5.73. The number of nitrogen functional groups attached to an aromatic ring is 1. The second-order valence-electron chi connectivity index (χ2n) is 4.28. The number of fused-ring (bicyclic) bond motifs is 1. The van der Waals surface area contributed by atoms with Gasteiger partial charge in [-0.15, -0.1) is 0 Å². The average molecular weight is 289 g/mol. The van der Waals surface area contributed by atoms with Crippen LogP contribution in [0.5, 0.6) is 0 Å². The minimum absolute atomic E-state index is 0.190. The van der Waals surface area contributed by atoms with Gasteiger partial charge in [0.15, 0.2) is 5.82 Å². The van der Waals surface area contributed by atoms with Crippen molar-refractivity contribution in [3.8, 4) is 11.3 Å². The fourth-order valence-corrected chi connectivity index (χ4v) is 1.99. The van der Waals surface area contributed by atoms with Gasteiger partial charge in [0.05, 0.1) is 10.6 Å². The molecule has 0 aliphatic heterocycles. The average Bonchev–Trinajstić information content (AvgIpc) is 2.76. The number of benzene rings is 1. The fraction of sp³-hybridized carbons (Fsp3) is 0. The summed E-state index contributed by atoms with van der Waals surface area (Å²) in [6.45, 7) is 0. The van der Waals surface area contributed by atoms with E-state index in [9.17, 15) is 19.3 Å². The van der Waals surface area contributed by atoms with Crippen LogP contribution < -0.4 is 11.3 Å². The first kappa shape index (κ1) is 12.8. The molecule has 3 rings (SSSR count). The minimum Gasteiger partial charge on any atom is -0.378 e. The Bertz CT molecular complexity index is 913. The maximum absolute atomic E-state index is 12.9. The summed E-state index contributed by atoms with van der Waals surface area (Å²) in [5, 5.41) is 13.4. The van der Waals surface area contributed by atoms with Crippen molar-refractivity contribution in [1.82, 2.24) is 14.6 Å². The second kappa shape index (κ2) is 4.40. The highest BCUT2D eigenvalue weighted by atomic mass is 19.1. The number of nitro groups is 1. The topological polar surface area (TPSA) is 119 Å². The van der Waals surface area contributed by atoms with E-state index < -0.39 is 22.0 Å². The Labute approximate surface area is 115 Å². The lowest BCUT2D eigenvalue weighted by Gasteiger charge is -2.00. The Morgan fingerprint density at radius 1 is 1.33 bits per heavy atom. The molecule has 0 unspecified atom stereocenters. The van der Waals surface area contributed by atoms with Crippen molar-refractivity contribution >= 4 is 17.2 Å². The number of anilines is 1. The van der Waals surface area contributed by atoms with Gasteiger partial charge in [0.2, 0.25) is 5.65 Å². The number of hydrogen-bond donors (Lipinski definition) is 2. The molecule has 1 aromatic carbocycles. The van der Waals surface area contributed by atoms with Gasteiger partial charge < -0.3 is 5.73 Å². The van der Waals surface area contributed by atoms with Crippen molar-refractivity contribution in [3.05, 3.63) is 56.6 Å². The molecule has 3 N–H and O–H groups in total. The Balaban J connectivity index is 2.31. The summed E-state index contributed by atoms with van der Waals surface area (Å²) in [7, 11) is 0. The number of aromatic amines is 1. The van der Waals surface area contributed by atoms with Gasteiger partial charge in [0, 0.05) is 11.6 Å². The van der Waals surface area contributed by atoms with Gasteiger partial charge in [0.25, 0.3) is 5.56 Å². The number of H-pyrrole nitrogens is 1. The van der Waals surface area contributed by atoms with Crippen molar-refractivity contribution in [3.63, 3.8) is 0 Å². The van der Waals surface area contributed by atoms with Crippen molar-refractivity contribution in [2.24, 2.45) is 0 Å². The number of nitrogens with two attached hydrogens (primary N) is 1. The van der Waals surface area contributed by atoms with Crippen molar-refractivity contribution in [2.75, 3.05) is 5.73 Å². The molecular formula is C12H8FN5O3. The Hall–Kier alpha value is -3.23. The van der Waals surface area contributed by atoms with Gasteiger partial charge >= 0.3 is 5.69 Å². The summed E-state index contributed by atoms with van der Waals surface area (Å²) in [5.41, 5.74) is 4.92. The molecule has 0 saturated carbocycles. The third-order valence-corrected chi connectivity index (χ3v) is 2.94. The third kappa shape index (κ3) is 2.00. The van der Waals surface area contributed by atoms with Crippen LogP contribution >= 0.6 is 0 Å². The molecular weight excluding hydrogens is 281 g/mol. The van der Waals surface area contributed by atoms with Crippen LogP contribution in [0.25, 0.3) is 16.9 Å². The predicted molar refractivity (Wildman–Crippen MR) is 72.3 cm³/mol. The van der Waals surface area contributed by atoms with Crippen molar-refractivity contribution in [2.45, 2.75) is 0 Å². The molecule has 2 heterocycles. The summed E-state index contributed by atoms with van der Waals surface area (Å²) < 4.78 is 13.8. The number of aromatic nitrogens is 3. The lowest BCUT2D eigenvalue weighted by molar-refractivity contribution is -0.382. The van der Waals surface area contributed by atoms with E-state index in [0.29, 0.717) is 5.56 Å². The first-order chi connectivity index (χ1) is 9.97. The van der Waals surface area contributed by atoms with E-state index in [2.05, 4.69) is 10.1 Å². The van der Waals surface area contributed by atoms with E-state index in [1.54, 1.807) is 0 Å². The zero-order valence-corrected chi connectivity index (χ0v) is 10.4. The smallest absolute Gasteiger partial charge is 0.354 e.